The second-order valence-electron chi connectivity index (χ2n) is 5.74. The summed E-state index contributed by atoms with van der Waals surface area (Å²) in [5.41, 5.74) is 1.04. The molecular weight excluding hydrogens is 327 g/mol. The van der Waals surface area contributed by atoms with Gasteiger partial charge in [0.25, 0.3) is 5.91 Å². The molecule has 8 heteroatoms. The number of rotatable bonds is 4. The standard InChI is InChI=1S/C17H17FN4O3/c1-9(16-19-11(3)20-25-16)22(4)17(23)14-10(2)24-21-15(14)12-6-5-7-13(18)8-12/h5-9H,1-4H3. The number of hydrogen-bond acceptors (Lipinski definition) is 6. The summed E-state index contributed by atoms with van der Waals surface area (Å²) in [5.74, 6) is 0.421. The lowest BCUT2D eigenvalue weighted by Crippen LogP contribution is -2.30. The van der Waals surface area contributed by atoms with Crippen molar-refractivity contribution in [2.24, 2.45) is 0 Å². The summed E-state index contributed by atoms with van der Waals surface area (Å²) in [7, 11) is 1.62. The highest BCUT2D eigenvalue weighted by Crippen LogP contribution is 2.29. The second-order valence-corrected chi connectivity index (χ2v) is 5.74. The molecule has 0 spiro atoms. The molecule has 3 rings (SSSR count). The van der Waals surface area contributed by atoms with E-state index in [1.807, 2.05) is 0 Å². The number of halogens is 1. The van der Waals surface area contributed by atoms with Crippen molar-refractivity contribution >= 4 is 5.91 Å². The zero-order chi connectivity index (χ0) is 18.1. The number of hydrogen-bond donors (Lipinski definition) is 0. The Kier molecular flexibility index (Phi) is 4.35. The molecule has 1 amide bonds. The maximum atomic E-state index is 13.5. The van der Waals surface area contributed by atoms with Crippen molar-refractivity contribution in [2.75, 3.05) is 7.05 Å². The highest BCUT2D eigenvalue weighted by molar-refractivity contribution is 6.00. The number of amides is 1. The van der Waals surface area contributed by atoms with Crippen molar-refractivity contribution in [2.45, 2.75) is 26.8 Å². The molecule has 1 aromatic carbocycles. The first kappa shape index (κ1) is 16.8. The van der Waals surface area contributed by atoms with Crippen LogP contribution >= 0.6 is 0 Å². The van der Waals surface area contributed by atoms with Crippen LogP contribution in [-0.2, 0) is 0 Å². The van der Waals surface area contributed by atoms with Crippen molar-refractivity contribution in [1.82, 2.24) is 20.2 Å². The third kappa shape index (κ3) is 3.15. The highest BCUT2D eigenvalue weighted by atomic mass is 19.1. The monoisotopic (exact) mass is 344 g/mol. The van der Waals surface area contributed by atoms with Crippen molar-refractivity contribution in [3.05, 3.63) is 53.1 Å². The van der Waals surface area contributed by atoms with E-state index in [4.69, 9.17) is 9.05 Å². The summed E-state index contributed by atoms with van der Waals surface area (Å²) in [6.45, 7) is 5.11. The van der Waals surface area contributed by atoms with Gasteiger partial charge in [0.1, 0.15) is 28.9 Å². The number of aromatic nitrogens is 3. The van der Waals surface area contributed by atoms with E-state index in [0.717, 1.165) is 0 Å². The van der Waals surface area contributed by atoms with Crippen LogP contribution in [0.5, 0.6) is 0 Å². The lowest BCUT2D eigenvalue weighted by atomic mass is 10.0. The Morgan fingerprint density at radius 2 is 2.00 bits per heavy atom. The SMILES string of the molecule is Cc1noc(C(C)N(C)C(=O)c2c(-c3cccc(F)c3)noc2C)n1. The van der Waals surface area contributed by atoms with Crippen LogP contribution in [0.1, 0.15) is 40.8 Å². The number of carbonyl (C=O) groups is 1. The lowest BCUT2D eigenvalue weighted by molar-refractivity contribution is 0.0715. The van der Waals surface area contributed by atoms with E-state index in [-0.39, 0.29) is 11.5 Å². The van der Waals surface area contributed by atoms with Gasteiger partial charge in [-0.25, -0.2) is 4.39 Å². The first-order valence-corrected chi connectivity index (χ1v) is 7.68. The van der Waals surface area contributed by atoms with Gasteiger partial charge in [0.15, 0.2) is 5.82 Å². The van der Waals surface area contributed by atoms with E-state index in [1.54, 1.807) is 40.0 Å². The molecule has 3 aromatic rings. The smallest absolute Gasteiger partial charge is 0.260 e. The van der Waals surface area contributed by atoms with E-state index in [2.05, 4.69) is 15.3 Å². The van der Waals surface area contributed by atoms with E-state index < -0.39 is 11.9 Å². The highest BCUT2D eigenvalue weighted by Gasteiger charge is 2.29. The van der Waals surface area contributed by atoms with Gasteiger partial charge in [-0.05, 0) is 32.9 Å². The van der Waals surface area contributed by atoms with E-state index in [1.165, 1.54) is 17.0 Å². The summed E-state index contributed by atoms with van der Waals surface area (Å²) in [6.07, 6.45) is 0. The van der Waals surface area contributed by atoms with Crippen LogP contribution in [0.4, 0.5) is 4.39 Å². The molecule has 0 aliphatic rings. The zero-order valence-electron chi connectivity index (χ0n) is 14.3. The van der Waals surface area contributed by atoms with Gasteiger partial charge < -0.3 is 13.9 Å². The molecule has 0 saturated carbocycles. The molecule has 0 saturated heterocycles. The Balaban J connectivity index is 1.96. The number of benzene rings is 1. The van der Waals surface area contributed by atoms with Crippen LogP contribution < -0.4 is 0 Å². The first-order valence-electron chi connectivity index (χ1n) is 7.68. The van der Waals surface area contributed by atoms with Crippen LogP contribution in [0.15, 0.2) is 33.3 Å². The number of aryl methyl sites for hydroxylation is 2. The molecular formula is C17H17FN4O3. The molecule has 0 bridgehead atoms. The van der Waals surface area contributed by atoms with E-state index >= 15 is 0 Å². The first-order chi connectivity index (χ1) is 11.9. The lowest BCUT2D eigenvalue weighted by Gasteiger charge is -2.22. The van der Waals surface area contributed by atoms with Gasteiger partial charge in [-0.15, -0.1) is 0 Å². The Morgan fingerprint density at radius 3 is 2.64 bits per heavy atom. The fourth-order valence-electron chi connectivity index (χ4n) is 2.46. The van der Waals surface area contributed by atoms with E-state index in [9.17, 15) is 9.18 Å². The molecule has 25 heavy (non-hydrogen) atoms. The minimum Gasteiger partial charge on any atom is -0.360 e. The van der Waals surface area contributed by atoms with Crippen molar-refractivity contribution in [3.63, 3.8) is 0 Å². The molecule has 7 nitrogen and oxygen atoms in total. The Hall–Kier alpha value is -3.03. The molecule has 1 unspecified atom stereocenters. The van der Waals surface area contributed by atoms with Crippen LogP contribution in [0.25, 0.3) is 11.3 Å². The third-order valence-corrected chi connectivity index (χ3v) is 3.98. The van der Waals surface area contributed by atoms with Gasteiger partial charge in [0, 0.05) is 12.6 Å². The Labute approximate surface area is 143 Å². The fraction of sp³-hybridized carbons (Fsp3) is 0.294. The van der Waals surface area contributed by atoms with Gasteiger partial charge in [-0.1, -0.05) is 22.4 Å². The number of nitrogens with zero attached hydrogens (tertiary/aromatic N) is 4. The fourth-order valence-corrected chi connectivity index (χ4v) is 2.46. The van der Waals surface area contributed by atoms with Crippen molar-refractivity contribution in [1.29, 1.82) is 0 Å². The predicted octanol–water partition coefficient (Wildman–Crippen LogP) is 3.31. The van der Waals surface area contributed by atoms with Gasteiger partial charge in [0.05, 0.1) is 0 Å². The average molecular weight is 344 g/mol. The van der Waals surface area contributed by atoms with Crippen LogP contribution in [0.2, 0.25) is 0 Å². The minimum atomic E-state index is -0.441. The molecule has 0 N–H and O–H groups in total. The quantitative estimate of drug-likeness (QED) is 0.722. The molecule has 0 aliphatic carbocycles. The van der Waals surface area contributed by atoms with Gasteiger partial charge in [0.2, 0.25) is 5.89 Å². The topological polar surface area (TPSA) is 85.3 Å². The second kappa shape index (κ2) is 6.46. The maximum Gasteiger partial charge on any atom is 0.260 e. The van der Waals surface area contributed by atoms with E-state index in [0.29, 0.717) is 28.7 Å². The molecule has 0 aliphatic heterocycles. The molecule has 2 aromatic heterocycles. The van der Waals surface area contributed by atoms with Crippen molar-refractivity contribution < 1.29 is 18.2 Å². The van der Waals surface area contributed by atoms with Gasteiger partial charge >= 0.3 is 0 Å². The van der Waals surface area contributed by atoms with Crippen LogP contribution in [0.3, 0.4) is 0 Å². The Bertz CT molecular complexity index is 918. The van der Waals surface area contributed by atoms with Gasteiger partial charge in [-0.3, -0.25) is 4.79 Å². The molecule has 2 heterocycles. The zero-order valence-corrected chi connectivity index (χ0v) is 14.3. The van der Waals surface area contributed by atoms with Crippen LogP contribution in [0, 0.1) is 19.7 Å². The average Bonchev–Trinajstić information content (AvgIpc) is 3.18. The van der Waals surface area contributed by atoms with Crippen molar-refractivity contribution in [3.8, 4) is 11.3 Å². The van der Waals surface area contributed by atoms with Gasteiger partial charge in [-0.2, -0.15) is 4.98 Å². The summed E-state index contributed by atoms with van der Waals surface area (Å²) in [4.78, 5) is 18.6. The largest absolute Gasteiger partial charge is 0.360 e. The Morgan fingerprint density at radius 1 is 1.24 bits per heavy atom. The molecule has 130 valence electrons. The summed E-state index contributed by atoms with van der Waals surface area (Å²) < 4.78 is 23.8. The summed E-state index contributed by atoms with van der Waals surface area (Å²) >= 11 is 0. The maximum absolute atomic E-state index is 13.5. The minimum absolute atomic E-state index is 0.274. The summed E-state index contributed by atoms with van der Waals surface area (Å²) in [5, 5.41) is 7.66. The molecule has 1 atom stereocenters. The van der Waals surface area contributed by atoms with Crippen LogP contribution in [-0.4, -0.2) is 33.2 Å². The predicted molar refractivity (Wildman–Crippen MR) is 86.2 cm³/mol. The third-order valence-electron chi connectivity index (χ3n) is 3.98. The normalized spacial score (nSPS) is 12.2. The molecule has 0 fully saturated rings. The summed E-state index contributed by atoms with van der Waals surface area (Å²) in [6, 6.07) is 5.41. The molecule has 0 radical (unpaired) electrons. The number of carbonyl (C=O) groups excluding carboxylic acids is 1.